The number of nitrogens with two attached hydrogens (primary N) is 1. The van der Waals surface area contributed by atoms with Gasteiger partial charge in [0.05, 0.1) is 23.3 Å². The van der Waals surface area contributed by atoms with Gasteiger partial charge in [-0.15, -0.1) is 0 Å². The first kappa shape index (κ1) is 21.9. The summed E-state index contributed by atoms with van der Waals surface area (Å²) in [5.74, 6) is -2.12. The summed E-state index contributed by atoms with van der Waals surface area (Å²) in [7, 11) is 0. The molecule has 4 amide bonds. The number of imide groups is 2. The average Bonchev–Trinajstić information content (AvgIpc) is 2.90. The minimum Gasteiger partial charge on any atom is -0.381 e. The molecule has 1 aromatic rings. The number of rotatable bonds is 7. The molecule has 2 aliphatic rings. The van der Waals surface area contributed by atoms with Gasteiger partial charge in [-0.2, -0.15) is 0 Å². The standard InChI is InChI=1S/C21H28N4O5/c1-20(2,22)11-30-21(3,4)10-23-13-7-5-6-12-16(13)19(29)25(18(12)28)14-8-9-15(26)24-17(14)27/h5-7,14,23H,8-11,22H2,1-4H3,(H,24,26,27). The van der Waals surface area contributed by atoms with Crippen molar-refractivity contribution in [1.82, 2.24) is 10.2 Å². The topological polar surface area (TPSA) is 131 Å². The van der Waals surface area contributed by atoms with Crippen molar-refractivity contribution in [2.75, 3.05) is 18.5 Å². The van der Waals surface area contributed by atoms with E-state index in [9.17, 15) is 19.2 Å². The van der Waals surface area contributed by atoms with Crippen molar-refractivity contribution >= 4 is 29.3 Å². The smallest absolute Gasteiger partial charge is 0.264 e. The molecule has 1 saturated heterocycles. The molecule has 0 bridgehead atoms. The van der Waals surface area contributed by atoms with Crippen LogP contribution in [-0.2, 0) is 14.3 Å². The Kier molecular flexibility index (Phi) is 5.70. The monoisotopic (exact) mass is 416 g/mol. The Morgan fingerprint density at radius 1 is 1.17 bits per heavy atom. The summed E-state index contributed by atoms with van der Waals surface area (Å²) in [4.78, 5) is 50.5. The molecule has 1 unspecified atom stereocenters. The molecule has 3 rings (SSSR count). The van der Waals surface area contributed by atoms with Crippen LogP contribution in [-0.4, -0.2) is 58.9 Å². The predicted octanol–water partition coefficient (Wildman–Crippen LogP) is 1.03. The van der Waals surface area contributed by atoms with Crippen molar-refractivity contribution in [1.29, 1.82) is 0 Å². The Bertz CT molecular complexity index is 903. The Morgan fingerprint density at radius 3 is 2.50 bits per heavy atom. The number of anilines is 1. The average molecular weight is 416 g/mol. The quantitative estimate of drug-likeness (QED) is 0.566. The molecule has 1 aromatic carbocycles. The number of ether oxygens (including phenoxy) is 1. The van der Waals surface area contributed by atoms with E-state index in [2.05, 4.69) is 10.6 Å². The van der Waals surface area contributed by atoms with E-state index in [1.54, 1.807) is 18.2 Å². The zero-order valence-corrected chi connectivity index (χ0v) is 17.7. The van der Waals surface area contributed by atoms with E-state index in [0.29, 0.717) is 18.8 Å². The molecule has 0 spiro atoms. The van der Waals surface area contributed by atoms with Gasteiger partial charge in [0.1, 0.15) is 6.04 Å². The van der Waals surface area contributed by atoms with Gasteiger partial charge in [-0.25, -0.2) is 0 Å². The van der Waals surface area contributed by atoms with E-state index in [0.717, 1.165) is 4.90 Å². The Morgan fingerprint density at radius 2 is 1.87 bits per heavy atom. The number of nitrogens with one attached hydrogen (secondary N) is 2. The van der Waals surface area contributed by atoms with Gasteiger partial charge in [0, 0.05) is 24.2 Å². The molecule has 0 aliphatic carbocycles. The van der Waals surface area contributed by atoms with Crippen LogP contribution in [0.5, 0.6) is 0 Å². The van der Waals surface area contributed by atoms with Crippen LogP contribution in [0.4, 0.5) is 5.69 Å². The first-order chi connectivity index (χ1) is 13.9. The van der Waals surface area contributed by atoms with E-state index < -0.39 is 40.8 Å². The SMILES string of the molecule is CC(C)(N)COC(C)(C)CNc1cccc2c1C(=O)N(C1CCC(=O)NC1=O)C2=O. The minimum atomic E-state index is -0.991. The van der Waals surface area contributed by atoms with E-state index in [-0.39, 0.29) is 24.0 Å². The van der Waals surface area contributed by atoms with Crippen molar-refractivity contribution in [2.24, 2.45) is 5.73 Å². The van der Waals surface area contributed by atoms with E-state index >= 15 is 0 Å². The molecule has 1 atom stereocenters. The van der Waals surface area contributed by atoms with Crippen LogP contribution < -0.4 is 16.4 Å². The summed E-state index contributed by atoms with van der Waals surface area (Å²) in [5.41, 5.74) is 5.87. The minimum absolute atomic E-state index is 0.0813. The van der Waals surface area contributed by atoms with Gasteiger partial charge in [-0.3, -0.25) is 29.4 Å². The second-order valence-corrected chi connectivity index (χ2v) is 9.07. The second-order valence-electron chi connectivity index (χ2n) is 9.07. The molecule has 30 heavy (non-hydrogen) atoms. The number of carbonyl (C=O) groups is 4. The zero-order valence-electron chi connectivity index (χ0n) is 17.7. The van der Waals surface area contributed by atoms with Crippen LogP contribution in [0.1, 0.15) is 61.3 Å². The van der Waals surface area contributed by atoms with Crippen molar-refractivity contribution < 1.29 is 23.9 Å². The number of amides is 4. The molecule has 0 saturated carbocycles. The lowest BCUT2D eigenvalue weighted by Crippen LogP contribution is -2.54. The molecule has 0 radical (unpaired) electrons. The van der Waals surface area contributed by atoms with Gasteiger partial charge in [0.15, 0.2) is 0 Å². The number of benzene rings is 1. The molecule has 0 aromatic heterocycles. The number of nitrogens with zero attached hydrogens (tertiary/aromatic N) is 1. The molecule has 9 heteroatoms. The molecule has 162 valence electrons. The normalized spacial score (nSPS) is 19.8. The third-order valence-corrected chi connectivity index (χ3v) is 5.01. The lowest BCUT2D eigenvalue weighted by atomic mass is 10.0. The van der Waals surface area contributed by atoms with E-state index in [1.807, 2.05) is 27.7 Å². The highest BCUT2D eigenvalue weighted by Crippen LogP contribution is 2.32. The number of hydrogen-bond acceptors (Lipinski definition) is 7. The Hall–Kier alpha value is -2.78. The number of piperidine rings is 1. The number of fused-ring (bicyclic) bond motifs is 1. The third kappa shape index (κ3) is 4.52. The first-order valence-corrected chi connectivity index (χ1v) is 9.91. The van der Waals surface area contributed by atoms with Gasteiger partial charge in [0.2, 0.25) is 11.8 Å². The van der Waals surface area contributed by atoms with Crippen molar-refractivity contribution in [3.63, 3.8) is 0 Å². The van der Waals surface area contributed by atoms with Crippen LogP contribution in [0.3, 0.4) is 0 Å². The molecule has 2 heterocycles. The summed E-state index contributed by atoms with van der Waals surface area (Å²) in [6.45, 7) is 8.27. The Balaban J connectivity index is 1.78. The highest BCUT2D eigenvalue weighted by molar-refractivity contribution is 6.25. The summed E-state index contributed by atoms with van der Waals surface area (Å²) in [6, 6.07) is 3.96. The summed E-state index contributed by atoms with van der Waals surface area (Å²) >= 11 is 0. The van der Waals surface area contributed by atoms with Gasteiger partial charge < -0.3 is 15.8 Å². The lowest BCUT2D eigenvalue weighted by molar-refractivity contribution is -0.136. The van der Waals surface area contributed by atoms with Crippen LogP contribution in [0.25, 0.3) is 0 Å². The summed E-state index contributed by atoms with van der Waals surface area (Å²) < 4.78 is 5.89. The van der Waals surface area contributed by atoms with Crippen LogP contribution in [0.15, 0.2) is 18.2 Å². The second kappa shape index (κ2) is 7.81. The number of hydrogen-bond donors (Lipinski definition) is 3. The Labute approximate surface area is 175 Å². The summed E-state index contributed by atoms with van der Waals surface area (Å²) in [5, 5.41) is 5.39. The van der Waals surface area contributed by atoms with Gasteiger partial charge in [0.25, 0.3) is 11.8 Å². The molecular formula is C21H28N4O5. The maximum absolute atomic E-state index is 13.1. The first-order valence-electron chi connectivity index (χ1n) is 9.91. The van der Waals surface area contributed by atoms with Crippen LogP contribution in [0.2, 0.25) is 0 Å². The van der Waals surface area contributed by atoms with Gasteiger partial charge in [-0.05, 0) is 46.2 Å². The van der Waals surface area contributed by atoms with E-state index in [1.165, 1.54) is 0 Å². The maximum atomic E-state index is 13.1. The number of carbonyl (C=O) groups excluding carboxylic acids is 4. The van der Waals surface area contributed by atoms with Gasteiger partial charge >= 0.3 is 0 Å². The fourth-order valence-electron chi connectivity index (χ4n) is 3.40. The lowest BCUT2D eigenvalue weighted by Gasteiger charge is -2.30. The highest BCUT2D eigenvalue weighted by Gasteiger charge is 2.45. The fourth-order valence-corrected chi connectivity index (χ4v) is 3.40. The van der Waals surface area contributed by atoms with Crippen LogP contribution in [0, 0.1) is 0 Å². The highest BCUT2D eigenvalue weighted by atomic mass is 16.5. The molecule has 9 nitrogen and oxygen atoms in total. The van der Waals surface area contributed by atoms with Crippen molar-refractivity contribution in [3.8, 4) is 0 Å². The molecule has 2 aliphatic heterocycles. The largest absolute Gasteiger partial charge is 0.381 e. The third-order valence-electron chi connectivity index (χ3n) is 5.01. The van der Waals surface area contributed by atoms with Crippen molar-refractivity contribution in [2.45, 2.75) is 57.7 Å². The van der Waals surface area contributed by atoms with Crippen molar-refractivity contribution in [3.05, 3.63) is 29.3 Å². The molecule has 4 N–H and O–H groups in total. The van der Waals surface area contributed by atoms with Gasteiger partial charge in [-0.1, -0.05) is 6.07 Å². The fraction of sp³-hybridized carbons (Fsp3) is 0.524. The predicted molar refractivity (Wildman–Crippen MR) is 110 cm³/mol. The van der Waals surface area contributed by atoms with E-state index in [4.69, 9.17) is 10.5 Å². The zero-order chi connectivity index (χ0) is 22.3. The molecule has 1 fully saturated rings. The summed E-state index contributed by atoms with van der Waals surface area (Å²) in [6.07, 6.45) is 0.201. The molecular weight excluding hydrogens is 388 g/mol. The maximum Gasteiger partial charge on any atom is 0.264 e. The van der Waals surface area contributed by atoms with Crippen LogP contribution >= 0.6 is 0 Å².